The predicted molar refractivity (Wildman–Crippen MR) is 103 cm³/mol. The third-order valence-electron chi connectivity index (χ3n) is 4.97. The first-order chi connectivity index (χ1) is 12.7. The van der Waals surface area contributed by atoms with Gasteiger partial charge in [0.2, 0.25) is 5.91 Å². The van der Waals surface area contributed by atoms with Crippen LogP contribution >= 0.6 is 0 Å². The monoisotopic (exact) mass is 389 g/mol. The van der Waals surface area contributed by atoms with E-state index in [1.54, 1.807) is 0 Å². The molecule has 1 saturated carbocycles. The summed E-state index contributed by atoms with van der Waals surface area (Å²) in [7, 11) is -3.17. The SMILES string of the molecule is CS(=O)(=O)CC1(CC(=O)N[C@H](CC(=O)O)c2cccc3ccccc23)CC1. The fourth-order valence-electron chi connectivity index (χ4n) is 3.66. The molecule has 7 heteroatoms. The number of nitrogens with one attached hydrogen (secondary N) is 1. The molecule has 3 rings (SSSR count). The molecular formula is C20H23NO5S. The minimum absolute atomic E-state index is 0.00865. The molecule has 0 aromatic heterocycles. The minimum Gasteiger partial charge on any atom is -0.481 e. The summed E-state index contributed by atoms with van der Waals surface area (Å²) in [4.78, 5) is 23.9. The predicted octanol–water partition coefficient (Wildman–Crippen LogP) is 2.69. The van der Waals surface area contributed by atoms with Crippen LogP contribution in [0.3, 0.4) is 0 Å². The van der Waals surface area contributed by atoms with Crippen molar-refractivity contribution in [1.82, 2.24) is 5.32 Å². The second-order valence-electron chi connectivity index (χ2n) is 7.53. The number of amides is 1. The Bertz CT molecular complexity index is 974. The largest absolute Gasteiger partial charge is 0.481 e. The molecule has 1 fully saturated rings. The first kappa shape index (κ1) is 19.4. The minimum atomic E-state index is -3.17. The molecule has 0 heterocycles. The lowest BCUT2D eigenvalue weighted by Gasteiger charge is -2.21. The Balaban J connectivity index is 1.81. The van der Waals surface area contributed by atoms with Gasteiger partial charge in [0.15, 0.2) is 0 Å². The second-order valence-corrected chi connectivity index (χ2v) is 9.67. The molecule has 1 aliphatic carbocycles. The van der Waals surface area contributed by atoms with E-state index in [0.29, 0.717) is 12.8 Å². The first-order valence-corrected chi connectivity index (χ1v) is 10.9. The van der Waals surface area contributed by atoms with Crippen molar-refractivity contribution in [3.63, 3.8) is 0 Å². The quantitative estimate of drug-likeness (QED) is 0.723. The van der Waals surface area contributed by atoms with E-state index >= 15 is 0 Å². The Hall–Kier alpha value is -2.41. The van der Waals surface area contributed by atoms with E-state index in [9.17, 15) is 23.1 Å². The average molecular weight is 389 g/mol. The fourth-order valence-corrected chi connectivity index (χ4v) is 5.16. The lowest BCUT2D eigenvalue weighted by Crippen LogP contribution is -2.33. The number of hydrogen-bond acceptors (Lipinski definition) is 4. The molecular weight excluding hydrogens is 366 g/mol. The number of sulfone groups is 1. The summed E-state index contributed by atoms with van der Waals surface area (Å²) < 4.78 is 23.2. The van der Waals surface area contributed by atoms with Crippen molar-refractivity contribution >= 4 is 32.5 Å². The first-order valence-electron chi connectivity index (χ1n) is 8.84. The Morgan fingerprint density at radius 3 is 2.44 bits per heavy atom. The maximum Gasteiger partial charge on any atom is 0.305 e. The lowest BCUT2D eigenvalue weighted by molar-refractivity contribution is -0.137. The summed E-state index contributed by atoms with van der Waals surface area (Å²) in [5.41, 5.74) is 0.251. The highest BCUT2D eigenvalue weighted by Crippen LogP contribution is 2.49. The van der Waals surface area contributed by atoms with Crippen LogP contribution in [-0.2, 0) is 19.4 Å². The molecule has 0 saturated heterocycles. The molecule has 6 nitrogen and oxygen atoms in total. The highest BCUT2D eigenvalue weighted by Gasteiger charge is 2.46. The maximum absolute atomic E-state index is 12.6. The highest BCUT2D eigenvalue weighted by atomic mass is 32.2. The van der Waals surface area contributed by atoms with Crippen molar-refractivity contribution in [2.24, 2.45) is 5.41 Å². The van der Waals surface area contributed by atoms with Crippen LogP contribution in [0.1, 0.15) is 37.3 Å². The Labute approximate surface area is 158 Å². The number of fused-ring (bicyclic) bond motifs is 1. The van der Waals surface area contributed by atoms with Crippen LogP contribution in [0.2, 0.25) is 0 Å². The summed E-state index contributed by atoms with van der Waals surface area (Å²) in [6.07, 6.45) is 2.44. The van der Waals surface area contributed by atoms with Gasteiger partial charge in [-0.1, -0.05) is 42.5 Å². The van der Waals surface area contributed by atoms with E-state index in [1.807, 2.05) is 42.5 Å². The normalized spacial score (nSPS) is 16.6. The van der Waals surface area contributed by atoms with Crippen molar-refractivity contribution in [3.05, 3.63) is 48.0 Å². The van der Waals surface area contributed by atoms with Gasteiger partial charge in [-0.25, -0.2) is 8.42 Å². The number of carbonyl (C=O) groups excluding carboxylic acids is 1. The van der Waals surface area contributed by atoms with Crippen molar-refractivity contribution < 1.29 is 23.1 Å². The standard InChI is InChI=1S/C20H23NO5S/c1-27(25,26)13-20(9-10-20)12-18(22)21-17(11-19(23)24)16-8-4-6-14-5-2-3-7-15(14)16/h2-8,17H,9-13H2,1H3,(H,21,22)(H,23,24)/t17-/m1/s1. The van der Waals surface area contributed by atoms with Crippen molar-refractivity contribution in [2.45, 2.75) is 31.7 Å². The number of carbonyl (C=O) groups is 2. The van der Waals surface area contributed by atoms with Gasteiger partial charge < -0.3 is 10.4 Å². The Morgan fingerprint density at radius 1 is 1.15 bits per heavy atom. The van der Waals surface area contributed by atoms with Crippen molar-refractivity contribution in [2.75, 3.05) is 12.0 Å². The third kappa shape index (κ3) is 5.07. The summed E-state index contributed by atoms with van der Waals surface area (Å²) >= 11 is 0. The zero-order valence-electron chi connectivity index (χ0n) is 15.1. The van der Waals surface area contributed by atoms with Gasteiger partial charge in [-0.3, -0.25) is 9.59 Å². The lowest BCUT2D eigenvalue weighted by atomic mass is 9.96. The smallest absolute Gasteiger partial charge is 0.305 e. The fraction of sp³-hybridized carbons (Fsp3) is 0.400. The molecule has 144 valence electrons. The topological polar surface area (TPSA) is 101 Å². The molecule has 0 aliphatic heterocycles. The van der Waals surface area contributed by atoms with Crippen molar-refractivity contribution in [1.29, 1.82) is 0 Å². The van der Waals surface area contributed by atoms with Gasteiger partial charge in [-0.15, -0.1) is 0 Å². The maximum atomic E-state index is 12.6. The molecule has 1 atom stereocenters. The highest BCUT2D eigenvalue weighted by molar-refractivity contribution is 7.90. The molecule has 0 bridgehead atoms. The molecule has 27 heavy (non-hydrogen) atoms. The number of rotatable bonds is 8. The van der Waals surface area contributed by atoms with Crippen LogP contribution < -0.4 is 5.32 Å². The van der Waals surface area contributed by atoms with E-state index in [4.69, 9.17) is 0 Å². The van der Waals surface area contributed by atoms with E-state index in [-0.39, 0.29) is 24.5 Å². The number of hydrogen-bond donors (Lipinski definition) is 2. The number of carboxylic acid groups (broad SMARTS) is 1. The van der Waals surface area contributed by atoms with Crippen LogP contribution in [0.4, 0.5) is 0 Å². The van der Waals surface area contributed by atoms with Crippen LogP contribution in [0.15, 0.2) is 42.5 Å². The molecule has 1 amide bonds. The average Bonchev–Trinajstić information content (AvgIpc) is 3.29. The van der Waals surface area contributed by atoms with Crippen LogP contribution in [0.25, 0.3) is 10.8 Å². The zero-order chi connectivity index (χ0) is 19.7. The molecule has 1 aliphatic rings. The van der Waals surface area contributed by atoms with Gasteiger partial charge in [-0.2, -0.15) is 0 Å². The number of benzene rings is 2. The number of aliphatic carboxylic acids is 1. The summed E-state index contributed by atoms with van der Waals surface area (Å²) in [5.74, 6) is -1.33. The molecule has 0 unspecified atom stereocenters. The molecule has 2 aromatic carbocycles. The van der Waals surface area contributed by atoms with Gasteiger partial charge in [0, 0.05) is 12.7 Å². The summed E-state index contributed by atoms with van der Waals surface area (Å²) in [6, 6.07) is 12.5. The van der Waals surface area contributed by atoms with Gasteiger partial charge in [0.05, 0.1) is 18.2 Å². The summed E-state index contributed by atoms with van der Waals surface area (Å²) in [6.45, 7) is 0. The summed E-state index contributed by atoms with van der Waals surface area (Å²) in [5, 5.41) is 14.0. The zero-order valence-corrected chi connectivity index (χ0v) is 16.0. The Morgan fingerprint density at radius 2 is 1.81 bits per heavy atom. The molecule has 2 aromatic rings. The molecule has 0 spiro atoms. The van der Waals surface area contributed by atoms with Crippen LogP contribution in [-0.4, -0.2) is 37.4 Å². The van der Waals surface area contributed by atoms with E-state index in [0.717, 1.165) is 16.3 Å². The van der Waals surface area contributed by atoms with Gasteiger partial charge in [0.25, 0.3) is 0 Å². The third-order valence-corrected chi connectivity index (χ3v) is 6.11. The van der Waals surface area contributed by atoms with Gasteiger partial charge in [0.1, 0.15) is 9.84 Å². The van der Waals surface area contributed by atoms with E-state index in [1.165, 1.54) is 6.26 Å². The van der Waals surface area contributed by atoms with Crippen molar-refractivity contribution in [3.8, 4) is 0 Å². The van der Waals surface area contributed by atoms with Gasteiger partial charge in [-0.05, 0) is 34.6 Å². The second kappa shape index (κ2) is 7.31. The van der Waals surface area contributed by atoms with Crippen LogP contribution in [0.5, 0.6) is 0 Å². The van der Waals surface area contributed by atoms with Gasteiger partial charge >= 0.3 is 5.97 Å². The Kier molecular flexibility index (Phi) is 5.24. The molecule has 0 radical (unpaired) electrons. The molecule has 2 N–H and O–H groups in total. The van der Waals surface area contributed by atoms with E-state index in [2.05, 4.69) is 5.32 Å². The number of carboxylic acids is 1. The van der Waals surface area contributed by atoms with E-state index < -0.39 is 27.3 Å². The van der Waals surface area contributed by atoms with Crippen LogP contribution in [0, 0.1) is 5.41 Å².